The van der Waals surface area contributed by atoms with Gasteiger partial charge in [0.2, 0.25) is 0 Å². The number of aromatic nitrogens is 2. The van der Waals surface area contributed by atoms with Crippen molar-refractivity contribution in [2.24, 2.45) is 11.7 Å². The molecule has 3 nitrogen and oxygen atoms in total. The van der Waals surface area contributed by atoms with Crippen LogP contribution in [0.3, 0.4) is 0 Å². The Morgan fingerprint density at radius 2 is 2.21 bits per heavy atom. The predicted octanol–water partition coefficient (Wildman–Crippen LogP) is 2.34. The Labute approximate surface area is 86.3 Å². The van der Waals surface area contributed by atoms with Crippen LogP contribution >= 0.6 is 0 Å². The first-order chi connectivity index (χ1) is 6.70. The minimum atomic E-state index is 0.123. The van der Waals surface area contributed by atoms with Crippen molar-refractivity contribution in [2.75, 3.05) is 0 Å². The second-order valence-corrected chi connectivity index (χ2v) is 3.86. The Hall–Kier alpha value is -0.830. The average Bonchev–Trinajstić information content (AvgIpc) is 2.64. The molecule has 1 aromatic rings. The number of hydrogen-bond donors (Lipinski definition) is 1. The summed E-state index contributed by atoms with van der Waals surface area (Å²) in [6, 6.07) is 2.15. The fraction of sp³-hybridized carbons (Fsp3) is 0.727. The van der Waals surface area contributed by atoms with Crippen molar-refractivity contribution in [1.82, 2.24) is 9.78 Å². The number of hydrogen-bond acceptors (Lipinski definition) is 2. The van der Waals surface area contributed by atoms with Crippen LogP contribution in [-0.4, -0.2) is 9.78 Å². The third-order valence-electron chi connectivity index (χ3n) is 2.75. The van der Waals surface area contributed by atoms with Gasteiger partial charge in [-0.05, 0) is 25.3 Å². The van der Waals surface area contributed by atoms with Gasteiger partial charge in [0.25, 0.3) is 0 Å². The van der Waals surface area contributed by atoms with E-state index in [9.17, 15) is 0 Å². The van der Waals surface area contributed by atoms with Crippen LogP contribution in [-0.2, 0) is 6.54 Å². The summed E-state index contributed by atoms with van der Waals surface area (Å²) in [7, 11) is 0. The van der Waals surface area contributed by atoms with E-state index >= 15 is 0 Å². The summed E-state index contributed by atoms with van der Waals surface area (Å²) in [5.74, 6) is 0.530. The molecular formula is C11H21N3. The summed E-state index contributed by atoms with van der Waals surface area (Å²) < 4.78 is 1.98. The van der Waals surface area contributed by atoms with Crippen molar-refractivity contribution in [3.63, 3.8) is 0 Å². The maximum absolute atomic E-state index is 6.18. The van der Waals surface area contributed by atoms with E-state index in [1.165, 1.54) is 12.8 Å². The smallest absolute Gasteiger partial charge is 0.0554 e. The van der Waals surface area contributed by atoms with Crippen LogP contribution < -0.4 is 5.73 Å². The van der Waals surface area contributed by atoms with E-state index in [1.807, 2.05) is 16.9 Å². The highest BCUT2D eigenvalue weighted by Gasteiger charge is 2.17. The van der Waals surface area contributed by atoms with E-state index in [-0.39, 0.29) is 6.04 Å². The highest BCUT2D eigenvalue weighted by molar-refractivity contribution is 5.07. The second kappa shape index (κ2) is 5.15. The van der Waals surface area contributed by atoms with E-state index in [0.29, 0.717) is 5.92 Å². The SMILES string of the molecule is CCCC(C)C(N)c1ccnn1CC. The van der Waals surface area contributed by atoms with E-state index in [0.717, 1.165) is 12.2 Å². The number of nitrogens with zero attached hydrogens (tertiary/aromatic N) is 2. The zero-order chi connectivity index (χ0) is 10.6. The lowest BCUT2D eigenvalue weighted by molar-refractivity contribution is 0.408. The van der Waals surface area contributed by atoms with Crippen molar-refractivity contribution in [3.8, 4) is 0 Å². The van der Waals surface area contributed by atoms with Crippen molar-refractivity contribution < 1.29 is 0 Å². The van der Waals surface area contributed by atoms with Crippen LogP contribution in [0.15, 0.2) is 12.3 Å². The largest absolute Gasteiger partial charge is 0.322 e. The maximum Gasteiger partial charge on any atom is 0.0554 e. The lowest BCUT2D eigenvalue weighted by atomic mass is 9.95. The fourth-order valence-electron chi connectivity index (χ4n) is 1.82. The van der Waals surface area contributed by atoms with Gasteiger partial charge in [-0.2, -0.15) is 5.10 Å². The zero-order valence-electron chi connectivity index (χ0n) is 9.40. The molecule has 14 heavy (non-hydrogen) atoms. The lowest BCUT2D eigenvalue weighted by Crippen LogP contribution is -2.22. The summed E-state index contributed by atoms with van der Waals surface area (Å²) in [4.78, 5) is 0. The maximum atomic E-state index is 6.18. The van der Waals surface area contributed by atoms with Crippen LogP contribution in [0.1, 0.15) is 45.3 Å². The lowest BCUT2D eigenvalue weighted by Gasteiger charge is -2.20. The average molecular weight is 195 g/mol. The molecule has 1 aromatic heterocycles. The minimum absolute atomic E-state index is 0.123. The van der Waals surface area contributed by atoms with Gasteiger partial charge in [0.1, 0.15) is 0 Å². The minimum Gasteiger partial charge on any atom is -0.322 e. The van der Waals surface area contributed by atoms with Crippen molar-refractivity contribution in [3.05, 3.63) is 18.0 Å². The Morgan fingerprint density at radius 3 is 2.79 bits per heavy atom. The van der Waals surface area contributed by atoms with E-state index in [1.54, 1.807) is 0 Å². The van der Waals surface area contributed by atoms with Gasteiger partial charge in [0.05, 0.1) is 5.69 Å². The van der Waals surface area contributed by atoms with Crippen molar-refractivity contribution in [1.29, 1.82) is 0 Å². The van der Waals surface area contributed by atoms with Gasteiger partial charge >= 0.3 is 0 Å². The molecule has 0 fully saturated rings. The number of nitrogens with two attached hydrogens (primary N) is 1. The van der Waals surface area contributed by atoms with Gasteiger partial charge < -0.3 is 5.73 Å². The summed E-state index contributed by atoms with van der Waals surface area (Å²) in [6.45, 7) is 7.39. The molecule has 2 unspecified atom stereocenters. The molecule has 0 amide bonds. The monoisotopic (exact) mass is 195 g/mol. The molecule has 0 bridgehead atoms. The molecule has 2 N–H and O–H groups in total. The van der Waals surface area contributed by atoms with Gasteiger partial charge in [-0.3, -0.25) is 4.68 Å². The highest BCUT2D eigenvalue weighted by Crippen LogP contribution is 2.22. The first-order valence-electron chi connectivity index (χ1n) is 5.48. The first-order valence-corrected chi connectivity index (χ1v) is 5.48. The summed E-state index contributed by atoms with van der Waals surface area (Å²) in [5, 5.41) is 4.23. The van der Waals surface area contributed by atoms with Crippen LogP contribution in [0.5, 0.6) is 0 Å². The second-order valence-electron chi connectivity index (χ2n) is 3.86. The summed E-state index contributed by atoms with van der Waals surface area (Å²) >= 11 is 0. The number of rotatable bonds is 5. The summed E-state index contributed by atoms with van der Waals surface area (Å²) in [6.07, 6.45) is 4.20. The third-order valence-corrected chi connectivity index (χ3v) is 2.75. The standard InChI is InChI=1S/C11H21N3/c1-4-6-9(3)11(12)10-7-8-13-14(10)5-2/h7-9,11H,4-6,12H2,1-3H3. The molecule has 0 aromatic carbocycles. The van der Waals surface area contributed by atoms with Gasteiger partial charge in [-0.15, -0.1) is 0 Å². The van der Waals surface area contributed by atoms with Crippen LogP contribution in [0, 0.1) is 5.92 Å². The van der Waals surface area contributed by atoms with Crippen LogP contribution in [0.2, 0.25) is 0 Å². The van der Waals surface area contributed by atoms with Crippen molar-refractivity contribution in [2.45, 2.75) is 46.2 Å². The van der Waals surface area contributed by atoms with E-state index in [2.05, 4.69) is 25.9 Å². The molecule has 0 aliphatic rings. The normalized spacial score (nSPS) is 15.4. The Balaban J connectivity index is 2.72. The van der Waals surface area contributed by atoms with Gasteiger partial charge in [-0.25, -0.2) is 0 Å². The Bertz CT molecular complexity index is 267. The first kappa shape index (κ1) is 11.2. The highest BCUT2D eigenvalue weighted by atomic mass is 15.3. The molecule has 2 atom stereocenters. The fourth-order valence-corrected chi connectivity index (χ4v) is 1.82. The third kappa shape index (κ3) is 2.35. The molecule has 80 valence electrons. The molecule has 0 aliphatic heterocycles. The van der Waals surface area contributed by atoms with Crippen LogP contribution in [0.25, 0.3) is 0 Å². The zero-order valence-corrected chi connectivity index (χ0v) is 9.40. The van der Waals surface area contributed by atoms with Crippen molar-refractivity contribution >= 4 is 0 Å². The molecule has 0 radical (unpaired) electrons. The van der Waals surface area contributed by atoms with Crippen LogP contribution in [0.4, 0.5) is 0 Å². The molecule has 0 aliphatic carbocycles. The number of aryl methyl sites for hydroxylation is 1. The van der Waals surface area contributed by atoms with Gasteiger partial charge in [-0.1, -0.05) is 20.3 Å². The molecule has 1 rings (SSSR count). The molecule has 0 saturated heterocycles. The van der Waals surface area contributed by atoms with Gasteiger partial charge in [0, 0.05) is 18.8 Å². The molecule has 1 heterocycles. The molecular weight excluding hydrogens is 174 g/mol. The molecule has 0 saturated carbocycles. The van der Waals surface area contributed by atoms with E-state index < -0.39 is 0 Å². The Kier molecular flexibility index (Phi) is 4.14. The summed E-state index contributed by atoms with van der Waals surface area (Å²) in [5.41, 5.74) is 7.35. The van der Waals surface area contributed by atoms with E-state index in [4.69, 9.17) is 5.73 Å². The molecule has 0 spiro atoms. The predicted molar refractivity (Wildman–Crippen MR) is 58.9 cm³/mol. The van der Waals surface area contributed by atoms with Gasteiger partial charge in [0.15, 0.2) is 0 Å². The topological polar surface area (TPSA) is 43.8 Å². The Morgan fingerprint density at radius 1 is 1.50 bits per heavy atom. The molecule has 3 heteroatoms. The quantitative estimate of drug-likeness (QED) is 0.783.